The fourth-order valence-corrected chi connectivity index (χ4v) is 3.70. The van der Waals surface area contributed by atoms with Crippen molar-refractivity contribution in [2.24, 2.45) is 0 Å². The average Bonchev–Trinajstić information content (AvgIpc) is 2.74. The first-order valence-corrected chi connectivity index (χ1v) is 10.1. The largest absolute Gasteiger partial charge is 0.417 e. The molecule has 1 amide bonds. The van der Waals surface area contributed by atoms with Crippen LogP contribution in [0.3, 0.4) is 0 Å². The van der Waals surface area contributed by atoms with Crippen molar-refractivity contribution in [2.45, 2.75) is 38.0 Å². The van der Waals surface area contributed by atoms with Crippen LogP contribution in [0, 0.1) is 0 Å². The van der Waals surface area contributed by atoms with Gasteiger partial charge >= 0.3 is 6.18 Å². The third-order valence-electron chi connectivity index (χ3n) is 5.54. The van der Waals surface area contributed by atoms with Crippen molar-refractivity contribution in [2.75, 3.05) is 31.6 Å². The summed E-state index contributed by atoms with van der Waals surface area (Å²) in [5.74, 6) is 0.498. The number of amides is 1. The number of carbonyl (C=O) groups excluding carboxylic acids is 1. The van der Waals surface area contributed by atoms with Crippen LogP contribution in [0.1, 0.15) is 36.9 Å². The molecule has 1 saturated heterocycles. The predicted molar refractivity (Wildman–Crippen MR) is 110 cm³/mol. The van der Waals surface area contributed by atoms with E-state index in [0.29, 0.717) is 31.7 Å². The molecule has 30 heavy (non-hydrogen) atoms. The van der Waals surface area contributed by atoms with Crippen molar-refractivity contribution in [1.82, 2.24) is 15.2 Å². The molecule has 1 aromatic carbocycles. The summed E-state index contributed by atoms with van der Waals surface area (Å²) in [5.41, 5.74) is 0.200. The summed E-state index contributed by atoms with van der Waals surface area (Å²) < 4.78 is 38.1. The number of hydrogen-bond acceptors (Lipinski definition) is 4. The lowest BCUT2D eigenvalue weighted by Crippen LogP contribution is -2.48. The molecule has 1 aliphatic heterocycles. The van der Waals surface area contributed by atoms with Gasteiger partial charge in [0.25, 0.3) is 0 Å². The highest BCUT2D eigenvalue weighted by Gasteiger charge is 2.31. The van der Waals surface area contributed by atoms with Crippen molar-refractivity contribution < 1.29 is 18.0 Å². The van der Waals surface area contributed by atoms with Gasteiger partial charge in [-0.1, -0.05) is 37.3 Å². The molecule has 1 aliphatic rings. The van der Waals surface area contributed by atoms with Gasteiger partial charge in [0.2, 0.25) is 5.91 Å². The Bertz CT molecular complexity index is 819. The van der Waals surface area contributed by atoms with E-state index in [0.717, 1.165) is 24.4 Å². The SMILES string of the molecule is CCN(C)C(C(=O)NC1CCN(c2ccc(C(F)(F)F)cn2)CC1)c1ccccc1. The molecule has 1 aromatic heterocycles. The fourth-order valence-electron chi connectivity index (χ4n) is 3.70. The Labute approximate surface area is 174 Å². The number of benzene rings is 1. The predicted octanol–water partition coefficient (Wildman–Crippen LogP) is 3.88. The second-order valence-corrected chi connectivity index (χ2v) is 7.56. The first-order valence-electron chi connectivity index (χ1n) is 10.1. The van der Waals surface area contributed by atoms with Crippen LogP contribution >= 0.6 is 0 Å². The number of likely N-dealkylation sites (N-methyl/N-ethyl adjacent to an activating group) is 1. The first-order chi connectivity index (χ1) is 14.3. The topological polar surface area (TPSA) is 48.5 Å². The lowest BCUT2D eigenvalue weighted by atomic mass is 10.0. The number of hydrogen-bond donors (Lipinski definition) is 1. The molecule has 2 aromatic rings. The number of rotatable bonds is 6. The number of pyridine rings is 1. The van der Waals surface area contributed by atoms with Crippen molar-refractivity contribution >= 4 is 11.7 Å². The Hall–Kier alpha value is -2.61. The highest BCUT2D eigenvalue weighted by Crippen LogP contribution is 2.30. The summed E-state index contributed by atoms with van der Waals surface area (Å²) in [4.78, 5) is 20.9. The van der Waals surface area contributed by atoms with Gasteiger partial charge in [-0.15, -0.1) is 0 Å². The van der Waals surface area contributed by atoms with E-state index in [9.17, 15) is 18.0 Å². The third-order valence-corrected chi connectivity index (χ3v) is 5.54. The summed E-state index contributed by atoms with van der Waals surface area (Å²) in [6.07, 6.45) is -2.09. The Balaban J connectivity index is 1.59. The van der Waals surface area contributed by atoms with E-state index in [1.54, 1.807) is 0 Å². The molecule has 0 aliphatic carbocycles. The number of nitrogens with zero attached hydrogens (tertiary/aromatic N) is 3. The number of alkyl halides is 3. The van der Waals surface area contributed by atoms with E-state index in [-0.39, 0.29) is 18.0 Å². The molecule has 1 fully saturated rings. The van der Waals surface area contributed by atoms with Crippen LogP contribution in [0.4, 0.5) is 19.0 Å². The van der Waals surface area contributed by atoms with E-state index in [4.69, 9.17) is 0 Å². The lowest BCUT2D eigenvalue weighted by molar-refractivity contribution is -0.137. The molecule has 2 heterocycles. The van der Waals surface area contributed by atoms with Crippen molar-refractivity contribution in [3.8, 4) is 0 Å². The molecule has 0 radical (unpaired) electrons. The monoisotopic (exact) mass is 420 g/mol. The minimum atomic E-state index is -4.39. The maximum absolute atomic E-state index is 13.0. The number of carbonyl (C=O) groups is 1. The second-order valence-electron chi connectivity index (χ2n) is 7.56. The van der Waals surface area contributed by atoms with Crippen molar-refractivity contribution in [1.29, 1.82) is 0 Å². The molecule has 8 heteroatoms. The van der Waals surface area contributed by atoms with Gasteiger partial charge in [0.05, 0.1) is 5.56 Å². The summed E-state index contributed by atoms with van der Waals surface area (Å²) >= 11 is 0. The van der Waals surface area contributed by atoms with Crippen LogP contribution in [0.2, 0.25) is 0 Å². The number of piperidine rings is 1. The average molecular weight is 420 g/mol. The fraction of sp³-hybridized carbons (Fsp3) is 0.455. The Morgan fingerprint density at radius 2 is 1.87 bits per heavy atom. The quantitative estimate of drug-likeness (QED) is 0.771. The number of halogens is 3. The van der Waals surface area contributed by atoms with E-state index >= 15 is 0 Å². The van der Waals surface area contributed by atoms with Gasteiger partial charge in [0.15, 0.2) is 0 Å². The Morgan fingerprint density at radius 3 is 2.40 bits per heavy atom. The van der Waals surface area contributed by atoms with Gasteiger partial charge in [-0.05, 0) is 44.1 Å². The molecule has 3 rings (SSSR count). The van der Waals surface area contributed by atoms with Crippen LogP contribution in [0.5, 0.6) is 0 Å². The smallest absolute Gasteiger partial charge is 0.356 e. The zero-order valence-electron chi connectivity index (χ0n) is 17.2. The first kappa shape index (κ1) is 22.1. The Morgan fingerprint density at radius 1 is 1.20 bits per heavy atom. The van der Waals surface area contributed by atoms with E-state index in [2.05, 4.69) is 10.3 Å². The third kappa shape index (κ3) is 5.30. The molecule has 1 N–H and O–H groups in total. The second kappa shape index (κ2) is 9.47. The highest BCUT2D eigenvalue weighted by molar-refractivity contribution is 5.83. The van der Waals surface area contributed by atoms with Crippen LogP contribution in [-0.2, 0) is 11.0 Å². The number of nitrogens with one attached hydrogen (secondary N) is 1. The molecule has 5 nitrogen and oxygen atoms in total. The summed E-state index contributed by atoms with van der Waals surface area (Å²) in [5, 5.41) is 3.16. The maximum atomic E-state index is 13.0. The molecule has 0 saturated carbocycles. The van der Waals surface area contributed by atoms with Gasteiger partial charge < -0.3 is 10.2 Å². The van der Waals surface area contributed by atoms with E-state index in [1.807, 2.05) is 54.1 Å². The molecular weight excluding hydrogens is 393 g/mol. The van der Waals surface area contributed by atoms with Crippen LogP contribution in [0.25, 0.3) is 0 Å². The summed E-state index contributed by atoms with van der Waals surface area (Å²) in [7, 11) is 1.93. The van der Waals surface area contributed by atoms with Crippen LogP contribution in [-0.4, -0.2) is 48.5 Å². The minimum absolute atomic E-state index is 0.0275. The standard InChI is InChI=1S/C22H27F3N4O/c1-3-28(2)20(16-7-5-4-6-8-16)21(30)27-18-11-13-29(14-12-18)19-10-9-17(15-26-19)22(23,24)25/h4-10,15,18,20H,3,11-14H2,1-2H3,(H,27,30). The molecule has 0 spiro atoms. The van der Waals surface area contributed by atoms with Crippen molar-refractivity contribution in [3.05, 3.63) is 59.8 Å². The van der Waals surface area contributed by atoms with Gasteiger partial charge in [0.1, 0.15) is 11.9 Å². The zero-order valence-corrected chi connectivity index (χ0v) is 17.2. The van der Waals surface area contributed by atoms with Gasteiger partial charge in [-0.2, -0.15) is 13.2 Å². The summed E-state index contributed by atoms with van der Waals surface area (Å²) in [6.45, 7) is 4.01. The summed E-state index contributed by atoms with van der Waals surface area (Å²) in [6, 6.07) is 11.8. The highest BCUT2D eigenvalue weighted by atomic mass is 19.4. The number of anilines is 1. The van der Waals surface area contributed by atoms with Gasteiger partial charge in [-0.25, -0.2) is 4.98 Å². The van der Waals surface area contributed by atoms with Gasteiger partial charge in [-0.3, -0.25) is 9.69 Å². The van der Waals surface area contributed by atoms with E-state index < -0.39 is 11.7 Å². The zero-order chi connectivity index (χ0) is 21.7. The van der Waals surface area contributed by atoms with Crippen molar-refractivity contribution in [3.63, 3.8) is 0 Å². The maximum Gasteiger partial charge on any atom is 0.417 e. The number of aromatic nitrogens is 1. The molecule has 0 bridgehead atoms. The Kier molecular flexibility index (Phi) is 6.97. The molecule has 1 atom stereocenters. The minimum Gasteiger partial charge on any atom is -0.356 e. The van der Waals surface area contributed by atoms with E-state index in [1.165, 1.54) is 6.07 Å². The van der Waals surface area contributed by atoms with Gasteiger partial charge in [0, 0.05) is 25.3 Å². The van der Waals surface area contributed by atoms with Crippen LogP contribution < -0.4 is 10.2 Å². The molecular formula is C22H27F3N4O. The lowest BCUT2D eigenvalue weighted by Gasteiger charge is -2.35. The normalized spacial score (nSPS) is 16.5. The van der Waals surface area contributed by atoms with Crippen LogP contribution in [0.15, 0.2) is 48.7 Å². The molecule has 162 valence electrons. The molecule has 1 unspecified atom stereocenters.